The molecule has 1 aromatic heterocycles. The number of rotatable bonds is 9. The monoisotopic (exact) mass is 447 g/mol. The van der Waals surface area contributed by atoms with E-state index in [-0.39, 0.29) is 11.7 Å². The van der Waals surface area contributed by atoms with Crippen LogP contribution in [-0.4, -0.2) is 28.8 Å². The van der Waals surface area contributed by atoms with Crippen LogP contribution in [0.3, 0.4) is 0 Å². The fourth-order valence-electron chi connectivity index (χ4n) is 3.56. The van der Waals surface area contributed by atoms with Crippen molar-refractivity contribution in [3.05, 3.63) is 108 Å². The normalized spacial score (nSPS) is 10.9. The minimum absolute atomic E-state index is 0.113. The highest BCUT2D eigenvalue weighted by atomic mass is 19.3. The second-order valence-corrected chi connectivity index (χ2v) is 7.47. The number of ether oxygens (including phenoxy) is 1. The summed E-state index contributed by atoms with van der Waals surface area (Å²) in [6, 6.07) is 23.9. The Balaban J connectivity index is 1.38. The lowest BCUT2D eigenvalue weighted by Gasteiger charge is -2.12. The van der Waals surface area contributed by atoms with E-state index >= 15 is 0 Å². The molecule has 0 unspecified atom stereocenters. The standard InChI is InChI=1S/C26H23F2N3O2/c27-26(28)33-22-12-8-19(9-13-22)14-16-29-25(32)24-5-2-1-4-23(24)21-10-6-20(7-11-21)18-31-17-3-15-30-31/h1-13,15,17,26H,14,16,18H2,(H,29,32). The molecule has 0 fully saturated rings. The number of carbonyl (C=O) groups is 1. The second-order valence-electron chi connectivity index (χ2n) is 7.47. The van der Waals surface area contributed by atoms with Crippen molar-refractivity contribution < 1.29 is 18.3 Å². The number of benzene rings is 3. The number of halogens is 2. The molecule has 0 aliphatic heterocycles. The molecule has 4 aromatic rings. The van der Waals surface area contributed by atoms with Gasteiger partial charge in [0.1, 0.15) is 5.75 Å². The summed E-state index contributed by atoms with van der Waals surface area (Å²) in [7, 11) is 0. The SMILES string of the molecule is O=C(NCCc1ccc(OC(F)F)cc1)c1ccccc1-c1ccc(Cn2cccn2)cc1. The van der Waals surface area contributed by atoms with Gasteiger partial charge in [-0.2, -0.15) is 13.9 Å². The Kier molecular flexibility index (Phi) is 7.09. The Morgan fingerprint density at radius 2 is 1.67 bits per heavy atom. The fraction of sp³-hybridized carbons (Fsp3) is 0.154. The van der Waals surface area contributed by atoms with E-state index in [2.05, 4.69) is 15.2 Å². The van der Waals surface area contributed by atoms with Gasteiger partial charge in [0.05, 0.1) is 6.54 Å². The molecule has 3 aromatic carbocycles. The molecule has 1 heterocycles. The second kappa shape index (κ2) is 10.5. The Morgan fingerprint density at radius 1 is 0.939 bits per heavy atom. The molecule has 0 spiro atoms. The first-order valence-corrected chi connectivity index (χ1v) is 10.6. The molecule has 4 rings (SSSR count). The van der Waals surface area contributed by atoms with Crippen LogP contribution in [-0.2, 0) is 13.0 Å². The summed E-state index contributed by atoms with van der Waals surface area (Å²) >= 11 is 0. The van der Waals surface area contributed by atoms with Gasteiger partial charge in [0.15, 0.2) is 0 Å². The first-order valence-electron chi connectivity index (χ1n) is 10.6. The molecule has 0 bridgehead atoms. The third-order valence-electron chi connectivity index (χ3n) is 5.19. The Labute approximate surface area is 190 Å². The predicted octanol–water partition coefficient (Wildman–Crippen LogP) is 5.17. The van der Waals surface area contributed by atoms with Gasteiger partial charge in [-0.25, -0.2) is 0 Å². The molecule has 0 saturated carbocycles. The molecule has 0 atom stereocenters. The molecule has 168 valence electrons. The number of hydrogen-bond acceptors (Lipinski definition) is 3. The molecule has 5 nitrogen and oxygen atoms in total. The summed E-state index contributed by atoms with van der Waals surface area (Å²) in [5.74, 6) is -0.0498. The van der Waals surface area contributed by atoms with Gasteiger partial charge in [-0.3, -0.25) is 9.48 Å². The van der Waals surface area contributed by atoms with E-state index in [0.717, 1.165) is 22.3 Å². The van der Waals surface area contributed by atoms with Crippen molar-refractivity contribution in [2.45, 2.75) is 19.6 Å². The van der Waals surface area contributed by atoms with Crippen LogP contribution >= 0.6 is 0 Å². The number of carbonyl (C=O) groups excluding carboxylic acids is 1. The summed E-state index contributed by atoms with van der Waals surface area (Å²) in [5.41, 5.74) is 4.44. The van der Waals surface area contributed by atoms with Gasteiger partial charge in [-0.05, 0) is 52.9 Å². The van der Waals surface area contributed by atoms with Gasteiger partial charge in [0.25, 0.3) is 5.91 Å². The Hall–Kier alpha value is -4.00. The van der Waals surface area contributed by atoms with E-state index in [1.807, 2.05) is 59.4 Å². The van der Waals surface area contributed by atoms with Crippen molar-refractivity contribution in [3.63, 3.8) is 0 Å². The summed E-state index contributed by atoms with van der Waals surface area (Å²) in [6.45, 7) is -1.74. The fourth-order valence-corrected chi connectivity index (χ4v) is 3.56. The largest absolute Gasteiger partial charge is 0.435 e. The van der Waals surface area contributed by atoms with E-state index in [1.165, 1.54) is 12.1 Å². The third-order valence-corrected chi connectivity index (χ3v) is 5.19. The maximum Gasteiger partial charge on any atom is 0.387 e. The lowest BCUT2D eigenvalue weighted by Crippen LogP contribution is -2.26. The highest BCUT2D eigenvalue weighted by Crippen LogP contribution is 2.24. The zero-order valence-electron chi connectivity index (χ0n) is 17.8. The van der Waals surface area contributed by atoms with E-state index in [1.54, 1.807) is 24.4 Å². The first kappa shape index (κ1) is 22.2. The van der Waals surface area contributed by atoms with Crippen molar-refractivity contribution in [1.29, 1.82) is 0 Å². The first-order chi connectivity index (χ1) is 16.1. The van der Waals surface area contributed by atoms with Crippen molar-refractivity contribution in [1.82, 2.24) is 15.1 Å². The topological polar surface area (TPSA) is 56.1 Å². The molecular formula is C26H23F2N3O2. The minimum Gasteiger partial charge on any atom is -0.435 e. The maximum absolute atomic E-state index is 12.9. The molecule has 0 aliphatic carbocycles. The van der Waals surface area contributed by atoms with Crippen LogP contribution in [0, 0.1) is 0 Å². The van der Waals surface area contributed by atoms with Gasteiger partial charge < -0.3 is 10.1 Å². The highest BCUT2D eigenvalue weighted by Gasteiger charge is 2.12. The van der Waals surface area contributed by atoms with Crippen molar-refractivity contribution in [2.75, 3.05) is 6.54 Å². The molecule has 0 radical (unpaired) electrons. The van der Waals surface area contributed by atoms with E-state index < -0.39 is 6.61 Å². The summed E-state index contributed by atoms with van der Waals surface area (Å²) in [4.78, 5) is 12.9. The maximum atomic E-state index is 12.9. The van der Waals surface area contributed by atoms with Crippen molar-refractivity contribution in [3.8, 4) is 16.9 Å². The van der Waals surface area contributed by atoms with Gasteiger partial charge >= 0.3 is 6.61 Å². The third kappa shape index (κ3) is 6.04. The molecule has 0 aliphatic rings. The quantitative estimate of drug-likeness (QED) is 0.385. The van der Waals surface area contributed by atoms with E-state index in [0.29, 0.717) is 25.1 Å². The van der Waals surface area contributed by atoms with E-state index in [9.17, 15) is 13.6 Å². The zero-order valence-corrected chi connectivity index (χ0v) is 17.8. The average Bonchev–Trinajstić information content (AvgIpc) is 3.33. The van der Waals surface area contributed by atoms with Crippen LogP contribution in [0.15, 0.2) is 91.3 Å². The van der Waals surface area contributed by atoms with Gasteiger partial charge in [-0.1, -0.05) is 54.6 Å². The summed E-state index contributed by atoms with van der Waals surface area (Å²) in [6.07, 6.45) is 4.24. The smallest absolute Gasteiger partial charge is 0.387 e. The van der Waals surface area contributed by atoms with Gasteiger partial charge in [0, 0.05) is 24.5 Å². The number of nitrogens with one attached hydrogen (secondary N) is 1. The number of amides is 1. The van der Waals surface area contributed by atoms with Crippen LogP contribution in [0.2, 0.25) is 0 Å². The van der Waals surface area contributed by atoms with Gasteiger partial charge in [0.2, 0.25) is 0 Å². The zero-order chi connectivity index (χ0) is 23.0. The van der Waals surface area contributed by atoms with Crippen LogP contribution in [0.1, 0.15) is 21.5 Å². The summed E-state index contributed by atoms with van der Waals surface area (Å²) in [5, 5.41) is 7.17. The molecule has 1 amide bonds. The molecule has 7 heteroatoms. The molecular weight excluding hydrogens is 424 g/mol. The number of hydrogen-bond donors (Lipinski definition) is 1. The van der Waals surface area contributed by atoms with E-state index in [4.69, 9.17) is 0 Å². The highest BCUT2D eigenvalue weighted by molar-refractivity contribution is 6.00. The molecule has 33 heavy (non-hydrogen) atoms. The number of aromatic nitrogens is 2. The average molecular weight is 447 g/mol. The Morgan fingerprint density at radius 3 is 2.36 bits per heavy atom. The lowest BCUT2D eigenvalue weighted by molar-refractivity contribution is -0.0498. The van der Waals surface area contributed by atoms with Crippen LogP contribution in [0.4, 0.5) is 8.78 Å². The summed E-state index contributed by atoms with van der Waals surface area (Å²) < 4.78 is 30.7. The number of nitrogens with zero attached hydrogens (tertiary/aromatic N) is 2. The van der Waals surface area contributed by atoms with Crippen molar-refractivity contribution >= 4 is 5.91 Å². The molecule has 1 N–H and O–H groups in total. The lowest BCUT2D eigenvalue weighted by atomic mass is 9.98. The number of alkyl halides is 2. The van der Waals surface area contributed by atoms with Crippen LogP contribution < -0.4 is 10.1 Å². The predicted molar refractivity (Wildman–Crippen MR) is 122 cm³/mol. The van der Waals surface area contributed by atoms with Crippen LogP contribution in [0.5, 0.6) is 5.75 Å². The minimum atomic E-state index is -2.84. The molecule has 0 saturated heterocycles. The Bertz CT molecular complexity index is 1180. The van der Waals surface area contributed by atoms with Crippen molar-refractivity contribution in [2.24, 2.45) is 0 Å². The van der Waals surface area contributed by atoms with Crippen LogP contribution in [0.25, 0.3) is 11.1 Å². The van der Waals surface area contributed by atoms with Gasteiger partial charge in [-0.15, -0.1) is 0 Å².